The van der Waals surface area contributed by atoms with Crippen LogP contribution < -0.4 is 4.74 Å². The zero-order valence-corrected chi connectivity index (χ0v) is 26.8. The maximum absolute atomic E-state index is 14.6. The number of hydrogen-bond donors (Lipinski definition) is 0. The molecule has 0 radical (unpaired) electrons. The Morgan fingerprint density at radius 2 is 1.86 bits per heavy atom. The molecule has 0 aromatic heterocycles. The molecule has 6 rings (SSSR count). The first kappa shape index (κ1) is 30.6. The van der Waals surface area contributed by atoms with E-state index in [0.29, 0.717) is 65.6 Å². The van der Waals surface area contributed by atoms with Crippen LogP contribution in [0.5, 0.6) is 5.75 Å². The number of amides is 1. The number of sulfonamides is 1. The maximum Gasteiger partial charge on any atom is 0.238 e. The van der Waals surface area contributed by atoms with Gasteiger partial charge in [-0.15, -0.1) is 0 Å². The largest absolute Gasteiger partial charge is 0.489 e. The van der Waals surface area contributed by atoms with E-state index in [4.69, 9.17) is 27.9 Å². The lowest BCUT2D eigenvalue weighted by Crippen LogP contribution is -2.54. The second-order valence-corrected chi connectivity index (χ2v) is 16.6. The van der Waals surface area contributed by atoms with E-state index < -0.39 is 30.6 Å². The van der Waals surface area contributed by atoms with Crippen LogP contribution in [0, 0.1) is 0 Å². The highest BCUT2D eigenvalue weighted by molar-refractivity contribution is 7.96. The lowest BCUT2D eigenvalue weighted by atomic mass is 9.78. The smallest absolute Gasteiger partial charge is 0.238 e. The molecular formula is C31H34Cl2N2O6S2. The van der Waals surface area contributed by atoms with Crippen LogP contribution in [0.15, 0.2) is 59.5 Å². The van der Waals surface area contributed by atoms with Crippen LogP contribution in [0.1, 0.15) is 55.2 Å². The first-order valence-corrected chi connectivity index (χ1v) is 18.5. The minimum absolute atomic E-state index is 0.0307. The van der Waals surface area contributed by atoms with E-state index in [1.54, 1.807) is 41.3 Å². The van der Waals surface area contributed by atoms with E-state index in [1.165, 1.54) is 4.31 Å². The average molecular weight is 666 g/mol. The number of allylic oxidation sites excluding steroid dienone is 3. The van der Waals surface area contributed by atoms with Crippen LogP contribution in [-0.4, -0.2) is 63.4 Å². The van der Waals surface area contributed by atoms with Crippen LogP contribution in [0.2, 0.25) is 10.0 Å². The molecule has 2 unspecified atom stereocenters. The van der Waals surface area contributed by atoms with Crippen LogP contribution in [0.4, 0.5) is 0 Å². The number of halogens is 2. The predicted molar refractivity (Wildman–Crippen MR) is 167 cm³/mol. The van der Waals surface area contributed by atoms with Gasteiger partial charge in [0.05, 0.1) is 23.2 Å². The number of sulfone groups is 1. The summed E-state index contributed by atoms with van der Waals surface area (Å²) in [6.45, 7) is 0.430. The van der Waals surface area contributed by atoms with Crippen molar-refractivity contribution in [2.75, 3.05) is 25.4 Å². The van der Waals surface area contributed by atoms with Crippen molar-refractivity contribution < 1.29 is 26.4 Å². The van der Waals surface area contributed by atoms with E-state index in [0.717, 1.165) is 12.0 Å². The van der Waals surface area contributed by atoms with Crippen molar-refractivity contribution in [3.05, 3.63) is 86.3 Å². The molecule has 2 heterocycles. The van der Waals surface area contributed by atoms with E-state index in [2.05, 4.69) is 0 Å². The Balaban J connectivity index is 1.35. The molecule has 1 amide bonds. The molecule has 2 fully saturated rings. The molecule has 230 valence electrons. The van der Waals surface area contributed by atoms with Crippen molar-refractivity contribution >= 4 is 49.0 Å². The zero-order chi connectivity index (χ0) is 30.4. The minimum Gasteiger partial charge on any atom is -0.489 e. The summed E-state index contributed by atoms with van der Waals surface area (Å²) in [5, 5.41) is 1.00. The van der Waals surface area contributed by atoms with Crippen molar-refractivity contribution in [1.29, 1.82) is 0 Å². The number of benzene rings is 2. The highest BCUT2D eigenvalue weighted by Crippen LogP contribution is 2.53. The van der Waals surface area contributed by atoms with E-state index >= 15 is 0 Å². The fourth-order valence-electron chi connectivity index (χ4n) is 6.98. The third-order valence-electron chi connectivity index (χ3n) is 9.14. The van der Waals surface area contributed by atoms with Crippen molar-refractivity contribution in [2.45, 2.75) is 62.3 Å². The number of carbonyl (C=O) groups is 1. The number of hydrogen-bond acceptors (Lipinski definition) is 6. The molecule has 2 atom stereocenters. The Bertz CT molecular complexity index is 1700. The van der Waals surface area contributed by atoms with Gasteiger partial charge in [0.25, 0.3) is 0 Å². The van der Waals surface area contributed by atoms with Gasteiger partial charge in [-0.25, -0.2) is 16.8 Å². The fraction of sp³-hybridized carbons (Fsp3) is 0.452. The highest BCUT2D eigenvalue weighted by atomic mass is 35.5. The second-order valence-electron chi connectivity index (χ2n) is 11.5. The molecule has 0 N–H and O–H groups in total. The average Bonchev–Trinajstić information content (AvgIpc) is 3.40. The first-order valence-electron chi connectivity index (χ1n) is 14.6. The van der Waals surface area contributed by atoms with E-state index in [9.17, 15) is 21.6 Å². The quantitative estimate of drug-likeness (QED) is 0.394. The van der Waals surface area contributed by atoms with E-state index in [1.807, 2.05) is 18.2 Å². The Hall–Kier alpha value is -2.37. The molecule has 2 aliphatic carbocycles. The third-order valence-corrected chi connectivity index (χ3v) is 14.3. The summed E-state index contributed by atoms with van der Waals surface area (Å²) in [5.74, 6) is 0.252. The van der Waals surface area contributed by atoms with Crippen LogP contribution in [-0.2, 0) is 42.4 Å². The number of fused-ring (bicyclic) bond motifs is 3. The minimum atomic E-state index is -3.93. The second kappa shape index (κ2) is 11.9. The van der Waals surface area contributed by atoms with Gasteiger partial charge >= 0.3 is 0 Å². The Morgan fingerprint density at radius 3 is 2.58 bits per heavy atom. The van der Waals surface area contributed by atoms with Gasteiger partial charge in [0.1, 0.15) is 17.1 Å². The van der Waals surface area contributed by atoms with Crippen molar-refractivity contribution in [1.82, 2.24) is 9.21 Å². The molecule has 0 saturated carbocycles. The molecule has 8 nitrogen and oxygen atoms in total. The summed E-state index contributed by atoms with van der Waals surface area (Å²) in [6.07, 6.45) is 9.21. The lowest BCUT2D eigenvalue weighted by molar-refractivity contribution is -0.132. The molecule has 2 aromatic rings. The Morgan fingerprint density at radius 1 is 1.07 bits per heavy atom. The summed E-state index contributed by atoms with van der Waals surface area (Å²) in [6, 6.07) is 10.1. The molecule has 43 heavy (non-hydrogen) atoms. The number of aryl methyl sites for hydroxylation is 1. The predicted octanol–water partition coefficient (Wildman–Crippen LogP) is 5.39. The molecule has 2 saturated heterocycles. The van der Waals surface area contributed by atoms with Crippen LogP contribution >= 0.6 is 23.2 Å². The van der Waals surface area contributed by atoms with Gasteiger partial charge in [-0.2, -0.15) is 4.31 Å². The standard InChI is InChI=1S/C31H34Cl2N2O6S2/c32-27-9-6-10-28(33)25(27)21-41-23-12-13-26-22(19-23)11-14-29-31(26,43(39,40)24-7-2-1-3-8-24)15-17-35(29)30(36)20-34-16-4-5-18-42(34,37)38/h2,6-10,12-13,19,29H,1,3-5,11,14-18,20-21H2. The molecule has 12 heteroatoms. The lowest BCUT2D eigenvalue weighted by Gasteiger charge is -2.43. The summed E-state index contributed by atoms with van der Waals surface area (Å²) in [7, 11) is -7.43. The van der Waals surface area contributed by atoms with Gasteiger partial charge in [0, 0.05) is 28.7 Å². The van der Waals surface area contributed by atoms with Gasteiger partial charge in [-0.05, 0) is 86.4 Å². The van der Waals surface area contributed by atoms with Crippen molar-refractivity contribution in [3.8, 4) is 5.75 Å². The number of ether oxygens (including phenoxy) is 1. The number of likely N-dealkylation sites (tertiary alicyclic amines) is 1. The van der Waals surface area contributed by atoms with Gasteiger partial charge in [0.2, 0.25) is 15.9 Å². The van der Waals surface area contributed by atoms with Gasteiger partial charge in [-0.3, -0.25) is 4.79 Å². The molecule has 0 bridgehead atoms. The summed E-state index contributed by atoms with van der Waals surface area (Å²) in [4.78, 5) is 15.6. The third kappa shape index (κ3) is 5.43. The normalized spacial score (nSPS) is 25.1. The summed E-state index contributed by atoms with van der Waals surface area (Å²) < 4.78 is 60.5. The fourth-order valence-corrected chi connectivity index (χ4v) is 11.5. The molecule has 4 aliphatic rings. The van der Waals surface area contributed by atoms with Gasteiger partial charge in [-0.1, -0.05) is 47.5 Å². The van der Waals surface area contributed by atoms with Gasteiger partial charge < -0.3 is 9.64 Å². The summed E-state index contributed by atoms with van der Waals surface area (Å²) in [5.41, 5.74) is 2.20. The molecule has 2 aliphatic heterocycles. The van der Waals surface area contributed by atoms with E-state index in [-0.39, 0.29) is 42.7 Å². The molecule has 2 aromatic carbocycles. The number of nitrogens with zero attached hydrogens (tertiary/aromatic N) is 2. The first-order chi connectivity index (χ1) is 20.5. The number of carbonyl (C=O) groups excluding carboxylic acids is 1. The summed E-state index contributed by atoms with van der Waals surface area (Å²) >= 11 is 12.6. The SMILES string of the molecule is O=C(CN1CCCCS1(=O)=O)N1CCC2(S(=O)(=O)C3=CCCC=C3)c3ccc(OCc4c(Cl)cccc4Cl)cc3CCC12. The van der Waals surface area contributed by atoms with Crippen molar-refractivity contribution in [3.63, 3.8) is 0 Å². The molecular weight excluding hydrogens is 631 g/mol. The topological polar surface area (TPSA) is 101 Å². The number of rotatable bonds is 7. The Labute approximate surface area is 263 Å². The van der Waals surface area contributed by atoms with Gasteiger partial charge in [0.15, 0.2) is 9.84 Å². The monoisotopic (exact) mass is 664 g/mol. The Kier molecular flexibility index (Phi) is 8.45. The highest BCUT2D eigenvalue weighted by Gasteiger charge is 2.61. The maximum atomic E-state index is 14.6. The van der Waals surface area contributed by atoms with Crippen molar-refractivity contribution in [2.24, 2.45) is 0 Å². The van der Waals surface area contributed by atoms with Crippen LogP contribution in [0.25, 0.3) is 0 Å². The van der Waals surface area contributed by atoms with Crippen LogP contribution in [0.3, 0.4) is 0 Å². The molecule has 0 spiro atoms. The zero-order valence-electron chi connectivity index (χ0n) is 23.7.